The van der Waals surface area contributed by atoms with Crippen LogP contribution in [0.1, 0.15) is 51.7 Å². The molecule has 1 N–H and O–H groups in total. The van der Waals surface area contributed by atoms with Crippen LogP contribution in [0, 0.1) is 5.92 Å². The molecule has 1 rings (SSSR count). The smallest absolute Gasteiger partial charge is 0.0868 e. The van der Waals surface area contributed by atoms with Crippen molar-refractivity contribution in [1.29, 1.82) is 0 Å². The van der Waals surface area contributed by atoms with Gasteiger partial charge in [-0.05, 0) is 36.8 Å². The lowest BCUT2D eigenvalue weighted by Gasteiger charge is -2.24. The summed E-state index contributed by atoms with van der Waals surface area (Å²) in [6.45, 7) is 8.45. The quantitative estimate of drug-likeness (QED) is 0.798. The molecule has 1 unspecified atom stereocenters. The molecule has 0 aliphatic rings. The number of aliphatic hydroxyl groups is 1. The zero-order chi connectivity index (χ0) is 12.2. The normalized spacial score (nSPS) is 15.1. The van der Waals surface area contributed by atoms with Gasteiger partial charge in [0.05, 0.1) is 5.60 Å². The van der Waals surface area contributed by atoms with Gasteiger partial charge in [-0.3, -0.25) is 0 Å². The molecule has 0 fully saturated rings. The number of benzene rings is 1. The monoisotopic (exact) mass is 220 g/mol. The van der Waals surface area contributed by atoms with Gasteiger partial charge in [-0.1, -0.05) is 51.5 Å². The van der Waals surface area contributed by atoms with E-state index in [9.17, 15) is 5.11 Å². The molecule has 0 radical (unpaired) electrons. The third kappa shape index (κ3) is 3.64. The molecular weight excluding hydrogens is 196 g/mol. The van der Waals surface area contributed by atoms with Crippen molar-refractivity contribution in [3.8, 4) is 0 Å². The molecule has 0 amide bonds. The van der Waals surface area contributed by atoms with E-state index in [1.54, 1.807) is 0 Å². The van der Waals surface area contributed by atoms with Gasteiger partial charge in [0.2, 0.25) is 0 Å². The minimum Gasteiger partial charge on any atom is -0.385 e. The standard InChI is InChI=1S/C15H24O/c1-5-9-15(4,16)14-8-6-7-13(11-14)10-12(2)3/h6-8,11-12,16H,5,9-10H2,1-4H3. The van der Waals surface area contributed by atoms with E-state index in [0.29, 0.717) is 5.92 Å². The van der Waals surface area contributed by atoms with E-state index in [1.165, 1.54) is 5.56 Å². The van der Waals surface area contributed by atoms with Gasteiger partial charge in [-0.25, -0.2) is 0 Å². The first-order chi connectivity index (χ1) is 7.45. The summed E-state index contributed by atoms with van der Waals surface area (Å²) in [5.74, 6) is 0.659. The average Bonchev–Trinajstić information content (AvgIpc) is 2.17. The van der Waals surface area contributed by atoms with Crippen molar-refractivity contribution >= 4 is 0 Å². The number of hydrogen-bond acceptors (Lipinski definition) is 1. The average molecular weight is 220 g/mol. The van der Waals surface area contributed by atoms with Gasteiger partial charge in [-0.15, -0.1) is 0 Å². The Labute approximate surface area is 99.5 Å². The van der Waals surface area contributed by atoms with Crippen LogP contribution < -0.4 is 0 Å². The van der Waals surface area contributed by atoms with Crippen LogP contribution >= 0.6 is 0 Å². The number of hydrogen-bond donors (Lipinski definition) is 1. The summed E-state index contributed by atoms with van der Waals surface area (Å²) in [5, 5.41) is 10.3. The molecule has 0 aliphatic carbocycles. The molecule has 1 aromatic rings. The summed E-state index contributed by atoms with van der Waals surface area (Å²) >= 11 is 0. The van der Waals surface area contributed by atoms with Crippen molar-refractivity contribution in [2.24, 2.45) is 5.92 Å². The van der Waals surface area contributed by atoms with Crippen molar-refractivity contribution in [3.63, 3.8) is 0 Å². The molecule has 16 heavy (non-hydrogen) atoms. The summed E-state index contributed by atoms with van der Waals surface area (Å²) in [6, 6.07) is 8.37. The molecule has 0 saturated heterocycles. The Kier molecular flexibility index (Phi) is 4.55. The van der Waals surface area contributed by atoms with Crippen LogP contribution in [-0.4, -0.2) is 5.11 Å². The molecule has 1 nitrogen and oxygen atoms in total. The fourth-order valence-corrected chi connectivity index (χ4v) is 2.14. The Morgan fingerprint density at radius 2 is 2.00 bits per heavy atom. The molecule has 1 aromatic carbocycles. The minimum atomic E-state index is -0.679. The predicted octanol–water partition coefficient (Wildman–Crippen LogP) is 3.89. The second-order valence-corrected chi connectivity index (χ2v) is 5.32. The summed E-state index contributed by atoms with van der Waals surface area (Å²) < 4.78 is 0. The zero-order valence-corrected chi connectivity index (χ0v) is 11.0. The molecule has 0 spiro atoms. The Hall–Kier alpha value is -0.820. The summed E-state index contributed by atoms with van der Waals surface area (Å²) in [7, 11) is 0. The second-order valence-electron chi connectivity index (χ2n) is 5.32. The van der Waals surface area contributed by atoms with Gasteiger partial charge in [0, 0.05) is 0 Å². The van der Waals surface area contributed by atoms with Gasteiger partial charge < -0.3 is 5.11 Å². The van der Waals surface area contributed by atoms with Crippen LogP contribution in [0.15, 0.2) is 24.3 Å². The van der Waals surface area contributed by atoms with Crippen molar-refractivity contribution in [2.45, 2.75) is 52.6 Å². The Morgan fingerprint density at radius 1 is 1.31 bits per heavy atom. The van der Waals surface area contributed by atoms with Crippen LogP contribution in [-0.2, 0) is 12.0 Å². The molecule has 0 heterocycles. The maximum absolute atomic E-state index is 10.3. The number of rotatable bonds is 5. The van der Waals surface area contributed by atoms with Crippen molar-refractivity contribution in [3.05, 3.63) is 35.4 Å². The highest BCUT2D eigenvalue weighted by atomic mass is 16.3. The maximum Gasteiger partial charge on any atom is 0.0868 e. The third-order valence-corrected chi connectivity index (χ3v) is 2.93. The van der Waals surface area contributed by atoms with Crippen LogP contribution in [0.5, 0.6) is 0 Å². The highest BCUT2D eigenvalue weighted by Gasteiger charge is 2.21. The molecule has 0 bridgehead atoms. The van der Waals surface area contributed by atoms with Gasteiger partial charge in [0.25, 0.3) is 0 Å². The highest BCUT2D eigenvalue weighted by Crippen LogP contribution is 2.26. The van der Waals surface area contributed by atoms with E-state index in [1.807, 2.05) is 13.0 Å². The third-order valence-electron chi connectivity index (χ3n) is 2.93. The molecule has 1 atom stereocenters. The SMILES string of the molecule is CCCC(C)(O)c1cccc(CC(C)C)c1. The second kappa shape index (κ2) is 5.49. The molecule has 1 heteroatoms. The van der Waals surface area contributed by atoms with Crippen LogP contribution in [0.4, 0.5) is 0 Å². The van der Waals surface area contributed by atoms with Gasteiger partial charge in [0.1, 0.15) is 0 Å². The van der Waals surface area contributed by atoms with Gasteiger partial charge in [-0.2, -0.15) is 0 Å². The fraction of sp³-hybridized carbons (Fsp3) is 0.600. The lowest BCUT2D eigenvalue weighted by atomic mass is 9.89. The first kappa shape index (κ1) is 13.2. The Morgan fingerprint density at radius 3 is 2.56 bits per heavy atom. The Balaban J connectivity index is 2.89. The lowest BCUT2D eigenvalue weighted by Crippen LogP contribution is -2.20. The van der Waals surface area contributed by atoms with Crippen molar-refractivity contribution < 1.29 is 5.11 Å². The van der Waals surface area contributed by atoms with E-state index in [-0.39, 0.29) is 0 Å². The maximum atomic E-state index is 10.3. The topological polar surface area (TPSA) is 20.2 Å². The van der Waals surface area contributed by atoms with Crippen LogP contribution in [0.3, 0.4) is 0 Å². The summed E-state index contributed by atoms with van der Waals surface area (Å²) in [6.07, 6.45) is 2.90. The van der Waals surface area contributed by atoms with Gasteiger partial charge >= 0.3 is 0 Å². The van der Waals surface area contributed by atoms with E-state index in [0.717, 1.165) is 24.8 Å². The van der Waals surface area contributed by atoms with Crippen LogP contribution in [0.2, 0.25) is 0 Å². The summed E-state index contributed by atoms with van der Waals surface area (Å²) in [5.41, 5.74) is 1.69. The molecule has 0 aromatic heterocycles. The van der Waals surface area contributed by atoms with E-state index in [2.05, 4.69) is 39.0 Å². The van der Waals surface area contributed by atoms with Crippen molar-refractivity contribution in [2.75, 3.05) is 0 Å². The molecule has 90 valence electrons. The summed E-state index contributed by atoms with van der Waals surface area (Å²) in [4.78, 5) is 0. The fourth-order valence-electron chi connectivity index (χ4n) is 2.14. The molecule has 0 saturated carbocycles. The molecule has 0 aliphatic heterocycles. The lowest BCUT2D eigenvalue weighted by molar-refractivity contribution is 0.0469. The van der Waals surface area contributed by atoms with Crippen LogP contribution in [0.25, 0.3) is 0 Å². The van der Waals surface area contributed by atoms with E-state index >= 15 is 0 Å². The van der Waals surface area contributed by atoms with E-state index in [4.69, 9.17) is 0 Å². The molecular formula is C15H24O. The largest absolute Gasteiger partial charge is 0.385 e. The highest BCUT2D eigenvalue weighted by molar-refractivity contribution is 5.28. The minimum absolute atomic E-state index is 0.659. The van der Waals surface area contributed by atoms with Crippen molar-refractivity contribution in [1.82, 2.24) is 0 Å². The zero-order valence-electron chi connectivity index (χ0n) is 11.0. The first-order valence-electron chi connectivity index (χ1n) is 6.27. The Bertz CT molecular complexity index is 326. The van der Waals surface area contributed by atoms with Gasteiger partial charge in [0.15, 0.2) is 0 Å². The first-order valence-corrected chi connectivity index (χ1v) is 6.27. The van der Waals surface area contributed by atoms with E-state index < -0.39 is 5.60 Å². The predicted molar refractivity (Wildman–Crippen MR) is 69.5 cm³/mol.